The Morgan fingerprint density at radius 1 is 0.875 bits per heavy atom. The summed E-state index contributed by atoms with van der Waals surface area (Å²) < 4.78 is 5.32. The van der Waals surface area contributed by atoms with Crippen molar-refractivity contribution in [3.63, 3.8) is 0 Å². The van der Waals surface area contributed by atoms with E-state index < -0.39 is 4.92 Å². The van der Waals surface area contributed by atoms with Crippen LogP contribution in [-0.2, 0) is 0 Å². The van der Waals surface area contributed by atoms with E-state index in [1.54, 1.807) is 19.2 Å². The van der Waals surface area contributed by atoms with Gasteiger partial charge in [0.2, 0.25) is 0 Å². The van der Waals surface area contributed by atoms with Crippen molar-refractivity contribution in [2.45, 2.75) is 0 Å². The van der Waals surface area contributed by atoms with Crippen molar-refractivity contribution in [2.24, 2.45) is 0 Å². The Morgan fingerprint density at radius 2 is 1.46 bits per heavy atom. The second-order valence-corrected chi connectivity index (χ2v) is 5.66. The first-order chi connectivity index (χ1) is 11.6. The van der Waals surface area contributed by atoms with Crippen LogP contribution in [0.2, 0.25) is 5.02 Å². The van der Waals surface area contributed by atoms with E-state index in [0.717, 1.165) is 28.0 Å². The fraction of sp³-hybridized carbons (Fsp3) is 0.0526. The van der Waals surface area contributed by atoms with Gasteiger partial charge in [0.15, 0.2) is 0 Å². The fourth-order valence-corrected chi connectivity index (χ4v) is 2.66. The summed E-state index contributed by atoms with van der Waals surface area (Å²) in [4.78, 5) is 10.4. The van der Waals surface area contributed by atoms with E-state index in [9.17, 15) is 10.1 Å². The Bertz CT molecular complexity index is 874. The zero-order chi connectivity index (χ0) is 17.1. The van der Waals surface area contributed by atoms with E-state index >= 15 is 0 Å². The lowest BCUT2D eigenvalue weighted by atomic mass is 9.94. The van der Waals surface area contributed by atoms with Crippen molar-refractivity contribution in [1.82, 2.24) is 0 Å². The van der Waals surface area contributed by atoms with Crippen LogP contribution in [0.25, 0.3) is 22.3 Å². The molecule has 3 aromatic carbocycles. The highest BCUT2D eigenvalue weighted by Gasteiger charge is 2.11. The topological polar surface area (TPSA) is 52.4 Å². The molecule has 0 aliphatic heterocycles. The van der Waals surface area contributed by atoms with Crippen LogP contribution in [0, 0.1) is 10.1 Å². The van der Waals surface area contributed by atoms with Crippen molar-refractivity contribution in [3.05, 3.63) is 81.9 Å². The van der Waals surface area contributed by atoms with Gasteiger partial charge >= 0.3 is 0 Å². The van der Waals surface area contributed by atoms with Gasteiger partial charge in [0.1, 0.15) is 5.75 Å². The van der Waals surface area contributed by atoms with Gasteiger partial charge in [-0.05, 0) is 58.7 Å². The smallest absolute Gasteiger partial charge is 0.269 e. The summed E-state index contributed by atoms with van der Waals surface area (Å²) in [5.74, 6) is 0.723. The summed E-state index contributed by atoms with van der Waals surface area (Å²) in [6.07, 6.45) is 0. The standard InChI is InChI=1S/C19H14ClNO3/c1-24-17-10-11-18(13-2-6-15(20)7-3-13)19(12-17)14-4-8-16(9-5-14)21(22)23/h2-12H,1H3. The third kappa shape index (κ3) is 3.24. The maximum Gasteiger partial charge on any atom is 0.269 e. The van der Waals surface area contributed by atoms with Crippen LogP contribution >= 0.6 is 11.6 Å². The number of nitro groups is 1. The molecule has 0 bridgehead atoms. The minimum Gasteiger partial charge on any atom is -0.497 e. The Hall–Kier alpha value is -2.85. The van der Waals surface area contributed by atoms with Crippen LogP contribution in [0.5, 0.6) is 5.75 Å². The van der Waals surface area contributed by atoms with Crippen LogP contribution < -0.4 is 4.74 Å². The lowest BCUT2D eigenvalue weighted by molar-refractivity contribution is -0.384. The highest BCUT2D eigenvalue weighted by molar-refractivity contribution is 6.30. The molecule has 0 aliphatic carbocycles. The lowest BCUT2D eigenvalue weighted by Gasteiger charge is -2.12. The molecule has 0 heterocycles. The molecule has 0 fully saturated rings. The molecule has 24 heavy (non-hydrogen) atoms. The van der Waals surface area contributed by atoms with Crippen LogP contribution in [0.4, 0.5) is 5.69 Å². The van der Waals surface area contributed by atoms with E-state index in [0.29, 0.717) is 5.02 Å². The van der Waals surface area contributed by atoms with Crippen molar-refractivity contribution in [2.75, 3.05) is 7.11 Å². The number of hydrogen-bond acceptors (Lipinski definition) is 3. The van der Waals surface area contributed by atoms with Crippen molar-refractivity contribution < 1.29 is 9.66 Å². The van der Waals surface area contributed by atoms with Crippen molar-refractivity contribution in [1.29, 1.82) is 0 Å². The van der Waals surface area contributed by atoms with Gasteiger partial charge in [0.25, 0.3) is 5.69 Å². The number of hydrogen-bond donors (Lipinski definition) is 0. The molecule has 120 valence electrons. The molecule has 0 atom stereocenters. The zero-order valence-corrected chi connectivity index (χ0v) is 13.7. The van der Waals surface area contributed by atoms with Gasteiger partial charge in [-0.15, -0.1) is 0 Å². The molecular weight excluding hydrogens is 326 g/mol. The van der Waals surface area contributed by atoms with Gasteiger partial charge in [-0.1, -0.05) is 29.8 Å². The lowest BCUT2D eigenvalue weighted by Crippen LogP contribution is -1.90. The average Bonchev–Trinajstić information content (AvgIpc) is 2.62. The second-order valence-electron chi connectivity index (χ2n) is 5.22. The summed E-state index contributed by atoms with van der Waals surface area (Å²) in [6, 6.07) is 19.8. The maximum atomic E-state index is 10.8. The maximum absolute atomic E-state index is 10.8. The summed E-state index contributed by atoms with van der Waals surface area (Å²) in [6.45, 7) is 0. The van der Waals surface area contributed by atoms with Crippen LogP contribution in [0.15, 0.2) is 66.7 Å². The van der Waals surface area contributed by atoms with Gasteiger partial charge in [-0.2, -0.15) is 0 Å². The molecule has 5 heteroatoms. The SMILES string of the molecule is COc1ccc(-c2ccc(Cl)cc2)c(-c2ccc([N+](=O)[O-])cc2)c1. The Morgan fingerprint density at radius 3 is 2.04 bits per heavy atom. The molecular formula is C19H14ClNO3. The molecule has 3 rings (SSSR count). The molecule has 0 amide bonds. The third-order valence-corrected chi connectivity index (χ3v) is 4.02. The first-order valence-electron chi connectivity index (χ1n) is 7.27. The molecule has 4 nitrogen and oxygen atoms in total. The first-order valence-corrected chi connectivity index (χ1v) is 7.65. The largest absolute Gasteiger partial charge is 0.497 e. The third-order valence-electron chi connectivity index (χ3n) is 3.77. The predicted octanol–water partition coefficient (Wildman–Crippen LogP) is 5.59. The predicted molar refractivity (Wildman–Crippen MR) is 95.5 cm³/mol. The zero-order valence-electron chi connectivity index (χ0n) is 12.9. The molecule has 0 spiro atoms. The van der Waals surface area contributed by atoms with Crippen molar-refractivity contribution >= 4 is 17.3 Å². The van der Waals surface area contributed by atoms with Crippen LogP contribution in [0.3, 0.4) is 0 Å². The van der Waals surface area contributed by atoms with Gasteiger partial charge < -0.3 is 4.74 Å². The Balaban J connectivity index is 2.13. The minimum atomic E-state index is -0.407. The molecule has 0 aromatic heterocycles. The van der Waals surface area contributed by atoms with E-state index in [2.05, 4.69) is 0 Å². The Labute approximate surface area is 144 Å². The normalized spacial score (nSPS) is 10.4. The Kier molecular flexibility index (Phi) is 4.49. The highest BCUT2D eigenvalue weighted by Crippen LogP contribution is 2.36. The van der Waals surface area contributed by atoms with Crippen LogP contribution in [0.1, 0.15) is 0 Å². The van der Waals surface area contributed by atoms with E-state index in [-0.39, 0.29) is 5.69 Å². The fourth-order valence-electron chi connectivity index (χ4n) is 2.53. The quantitative estimate of drug-likeness (QED) is 0.460. The van der Waals surface area contributed by atoms with Gasteiger partial charge in [0.05, 0.1) is 12.0 Å². The first kappa shape index (κ1) is 16.0. The number of nitrogens with zero attached hydrogens (tertiary/aromatic N) is 1. The number of halogens is 1. The monoisotopic (exact) mass is 339 g/mol. The molecule has 0 unspecified atom stereocenters. The number of non-ortho nitro benzene ring substituents is 1. The van der Waals surface area contributed by atoms with Crippen LogP contribution in [-0.4, -0.2) is 12.0 Å². The molecule has 0 aliphatic rings. The average molecular weight is 340 g/mol. The number of ether oxygens (including phenoxy) is 1. The van der Waals surface area contributed by atoms with Gasteiger partial charge in [-0.3, -0.25) is 10.1 Å². The molecule has 0 radical (unpaired) electrons. The van der Waals surface area contributed by atoms with Gasteiger partial charge in [-0.25, -0.2) is 0 Å². The number of nitro benzene ring substituents is 1. The minimum absolute atomic E-state index is 0.0645. The van der Waals surface area contributed by atoms with Crippen molar-refractivity contribution in [3.8, 4) is 28.0 Å². The highest BCUT2D eigenvalue weighted by atomic mass is 35.5. The van der Waals surface area contributed by atoms with E-state index in [1.807, 2.05) is 42.5 Å². The molecule has 3 aromatic rings. The summed E-state index contributed by atoms with van der Waals surface area (Å²) in [5.41, 5.74) is 3.89. The number of benzene rings is 3. The summed E-state index contributed by atoms with van der Waals surface area (Å²) in [5, 5.41) is 11.5. The molecule has 0 saturated heterocycles. The summed E-state index contributed by atoms with van der Waals surface area (Å²) >= 11 is 5.97. The summed E-state index contributed by atoms with van der Waals surface area (Å²) in [7, 11) is 1.61. The molecule has 0 saturated carbocycles. The van der Waals surface area contributed by atoms with E-state index in [4.69, 9.17) is 16.3 Å². The number of methoxy groups -OCH3 is 1. The molecule has 0 N–H and O–H groups in total. The second kappa shape index (κ2) is 6.72. The number of rotatable bonds is 4. The van der Waals surface area contributed by atoms with E-state index in [1.165, 1.54) is 12.1 Å². The van der Waals surface area contributed by atoms with Gasteiger partial charge in [0, 0.05) is 17.2 Å².